The van der Waals surface area contributed by atoms with Crippen molar-refractivity contribution in [2.24, 2.45) is 0 Å². The van der Waals surface area contributed by atoms with Crippen LogP contribution in [-0.4, -0.2) is 36.4 Å². The quantitative estimate of drug-likeness (QED) is 0.793. The minimum absolute atomic E-state index is 0.126. The molecule has 1 saturated heterocycles. The lowest BCUT2D eigenvalue weighted by Gasteiger charge is -2.19. The molecule has 3 rings (SSSR count). The molecule has 0 spiro atoms. The summed E-state index contributed by atoms with van der Waals surface area (Å²) < 4.78 is 5.23. The Morgan fingerprint density at radius 1 is 1.40 bits per heavy atom. The van der Waals surface area contributed by atoms with Gasteiger partial charge in [0.2, 0.25) is 5.91 Å². The van der Waals surface area contributed by atoms with Crippen molar-refractivity contribution in [3.8, 4) is 5.75 Å². The zero-order valence-electron chi connectivity index (χ0n) is 11.5. The van der Waals surface area contributed by atoms with E-state index in [1.807, 2.05) is 13.0 Å². The van der Waals surface area contributed by atoms with E-state index >= 15 is 0 Å². The molecule has 104 valence electrons. The molecule has 20 heavy (non-hydrogen) atoms. The summed E-state index contributed by atoms with van der Waals surface area (Å²) in [5.74, 6) is 0.231. The van der Waals surface area contributed by atoms with E-state index in [-0.39, 0.29) is 11.8 Å². The van der Waals surface area contributed by atoms with E-state index in [4.69, 9.17) is 4.74 Å². The molecular weight excluding hydrogens is 256 g/mol. The second-order valence-corrected chi connectivity index (χ2v) is 4.97. The predicted molar refractivity (Wildman–Crippen MR) is 74.8 cm³/mol. The van der Waals surface area contributed by atoms with Gasteiger partial charge in [-0.25, -0.2) is 0 Å². The number of nitrogens with one attached hydrogen (secondary N) is 1. The van der Waals surface area contributed by atoms with Crippen LogP contribution in [0.5, 0.6) is 5.75 Å². The van der Waals surface area contributed by atoms with Crippen LogP contribution >= 0.6 is 0 Å². The standard InChI is InChI=1S/C15H16N2O3/c1-3-9-7-11-14(18)16-13-10(15(19)17(11)8-9)5-4-6-12(13)20-2/h3-6,11H,7-8H2,1-2H3,(H,16,18)/b9-3+/t11-/m0/s1. The van der Waals surface area contributed by atoms with Crippen LogP contribution in [0, 0.1) is 0 Å². The van der Waals surface area contributed by atoms with Gasteiger partial charge in [-0.1, -0.05) is 17.7 Å². The van der Waals surface area contributed by atoms with Crippen molar-refractivity contribution in [3.05, 3.63) is 35.4 Å². The van der Waals surface area contributed by atoms with E-state index < -0.39 is 6.04 Å². The summed E-state index contributed by atoms with van der Waals surface area (Å²) in [6.45, 7) is 2.45. The number of carbonyl (C=O) groups is 2. The molecule has 0 radical (unpaired) electrons. The Bertz CT molecular complexity index is 622. The minimum atomic E-state index is -0.425. The minimum Gasteiger partial charge on any atom is -0.495 e. The summed E-state index contributed by atoms with van der Waals surface area (Å²) in [7, 11) is 1.52. The number of hydrogen-bond donors (Lipinski definition) is 1. The average Bonchev–Trinajstić information content (AvgIpc) is 2.87. The van der Waals surface area contributed by atoms with Crippen molar-refractivity contribution in [2.75, 3.05) is 19.0 Å². The molecule has 1 N–H and O–H groups in total. The number of fused-ring (bicyclic) bond motifs is 2. The number of rotatable bonds is 1. The van der Waals surface area contributed by atoms with Crippen LogP contribution in [0.3, 0.4) is 0 Å². The summed E-state index contributed by atoms with van der Waals surface area (Å²) in [6.07, 6.45) is 2.58. The highest BCUT2D eigenvalue weighted by Crippen LogP contribution is 2.35. The smallest absolute Gasteiger partial charge is 0.257 e. The van der Waals surface area contributed by atoms with E-state index in [2.05, 4.69) is 5.32 Å². The maximum absolute atomic E-state index is 12.6. The summed E-state index contributed by atoms with van der Waals surface area (Å²) >= 11 is 0. The maximum atomic E-state index is 12.6. The molecule has 2 heterocycles. The zero-order valence-corrected chi connectivity index (χ0v) is 11.5. The highest BCUT2D eigenvalue weighted by Gasteiger charge is 2.40. The fourth-order valence-electron chi connectivity index (χ4n) is 2.78. The van der Waals surface area contributed by atoms with Gasteiger partial charge in [-0.05, 0) is 25.5 Å². The lowest BCUT2D eigenvalue weighted by atomic mass is 10.1. The van der Waals surface area contributed by atoms with Gasteiger partial charge < -0.3 is 15.0 Å². The molecule has 2 aliphatic rings. The second kappa shape index (κ2) is 4.67. The van der Waals surface area contributed by atoms with Gasteiger partial charge >= 0.3 is 0 Å². The molecule has 5 heteroatoms. The molecule has 0 saturated carbocycles. The van der Waals surface area contributed by atoms with Crippen LogP contribution in [0.15, 0.2) is 29.8 Å². The number of methoxy groups -OCH3 is 1. The summed E-state index contributed by atoms with van der Waals surface area (Å²) in [6, 6.07) is 4.79. The number of allylic oxidation sites excluding steroid dienone is 1. The van der Waals surface area contributed by atoms with Gasteiger partial charge in [0.05, 0.1) is 18.4 Å². The molecule has 1 aromatic carbocycles. The fourth-order valence-corrected chi connectivity index (χ4v) is 2.78. The van der Waals surface area contributed by atoms with Gasteiger partial charge in [0, 0.05) is 6.54 Å². The van der Waals surface area contributed by atoms with E-state index in [0.29, 0.717) is 30.0 Å². The largest absolute Gasteiger partial charge is 0.495 e. The summed E-state index contributed by atoms with van der Waals surface area (Å²) in [5, 5.41) is 2.83. The molecule has 1 fully saturated rings. The van der Waals surface area contributed by atoms with Crippen LogP contribution in [0.1, 0.15) is 23.7 Å². The number of carbonyl (C=O) groups excluding carboxylic acids is 2. The van der Waals surface area contributed by atoms with Crippen LogP contribution < -0.4 is 10.1 Å². The SMILES string of the molecule is C/C=C1\C[C@H]2C(=O)Nc3c(OC)cccc3C(=O)N2C1. The number of benzene rings is 1. The lowest BCUT2D eigenvalue weighted by Crippen LogP contribution is -2.40. The van der Waals surface area contributed by atoms with Crippen molar-refractivity contribution >= 4 is 17.5 Å². The van der Waals surface area contributed by atoms with Crippen LogP contribution in [0.4, 0.5) is 5.69 Å². The monoisotopic (exact) mass is 272 g/mol. The Morgan fingerprint density at radius 3 is 2.90 bits per heavy atom. The van der Waals surface area contributed by atoms with E-state index in [1.54, 1.807) is 23.1 Å². The van der Waals surface area contributed by atoms with Gasteiger partial charge in [-0.3, -0.25) is 9.59 Å². The zero-order chi connectivity index (χ0) is 14.3. The van der Waals surface area contributed by atoms with Crippen molar-refractivity contribution in [2.45, 2.75) is 19.4 Å². The van der Waals surface area contributed by atoms with Gasteiger partial charge in [-0.2, -0.15) is 0 Å². The fraction of sp³-hybridized carbons (Fsp3) is 0.333. The molecule has 2 aliphatic heterocycles. The van der Waals surface area contributed by atoms with E-state index in [1.165, 1.54) is 7.11 Å². The van der Waals surface area contributed by atoms with E-state index in [0.717, 1.165) is 5.57 Å². The number of amides is 2. The predicted octanol–water partition coefficient (Wildman–Crippen LogP) is 1.81. The van der Waals surface area contributed by atoms with Gasteiger partial charge in [0.25, 0.3) is 5.91 Å². The first-order valence-electron chi connectivity index (χ1n) is 6.58. The van der Waals surface area contributed by atoms with Crippen molar-refractivity contribution in [3.63, 3.8) is 0 Å². The average molecular weight is 272 g/mol. The lowest BCUT2D eigenvalue weighted by molar-refractivity contribution is -0.119. The molecule has 0 bridgehead atoms. The molecule has 1 atom stereocenters. The molecule has 2 amide bonds. The highest BCUT2D eigenvalue weighted by atomic mass is 16.5. The van der Waals surface area contributed by atoms with E-state index in [9.17, 15) is 9.59 Å². The summed E-state index contributed by atoms with van der Waals surface area (Å²) in [5.41, 5.74) is 2.07. The molecule has 0 aromatic heterocycles. The summed E-state index contributed by atoms with van der Waals surface area (Å²) in [4.78, 5) is 26.6. The molecule has 1 aromatic rings. The third-order valence-corrected chi connectivity index (χ3v) is 3.90. The first-order valence-corrected chi connectivity index (χ1v) is 6.58. The first-order chi connectivity index (χ1) is 9.65. The maximum Gasteiger partial charge on any atom is 0.257 e. The molecular formula is C15H16N2O3. The first kappa shape index (κ1) is 12.7. The Kier molecular flexibility index (Phi) is 2.97. The molecule has 0 aliphatic carbocycles. The van der Waals surface area contributed by atoms with Crippen LogP contribution in [-0.2, 0) is 4.79 Å². The second-order valence-electron chi connectivity index (χ2n) is 4.97. The van der Waals surface area contributed by atoms with Gasteiger partial charge in [-0.15, -0.1) is 0 Å². The van der Waals surface area contributed by atoms with Crippen LogP contribution in [0.2, 0.25) is 0 Å². The topological polar surface area (TPSA) is 58.6 Å². The van der Waals surface area contributed by atoms with Crippen molar-refractivity contribution < 1.29 is 14.3 Å². The van der Waals surface area contributed by atoms with Crippen molar-refractivity contribution in [1.82, 2.24) is 4.90 Å². The number of anilines is 1. The number of ether oxygens (including phenoxy) is 1. The Morgan fingerprint density at radius 2 is 2.20 bits per heavy atom. The molecule has 0 unspecified atom stereocenters. The number of para-hydroxylation sites is 1. The Hall–Kier alpha value is -2.30. The Balaban J connectivity index is 2.10. The third-order valence-electron chi connectivity index (χ3n) is 3.90. The van der Waals surface area contributed by atoms with Gasteiger partial charge in [0.1, 0.15) is 11.8 Å². The highest BCUT2D eigenvalue weighted by molar-refractivity contribution is 6.11. The molecule has 5 nitrogen and oxygen atoms in total. The number of nitrogens with zero attached hydrogens (tertiary/aromatic N) is 1. The normalized spacial score (nSPS) is 23.2. The third kappa shape index (κ3) is 1.78. The number of hydrogen-bond acceptors (Lipinski definition) is 3. The van der Waals surface area contributed by atoms with Gasteiger partial charge in [0.15, 0.2) is 0 Å². The Labute approximate surface area is 117 Å². The van der Waals surface area contributed by atoms with Crippen LogP contribution in [0.25, 0.3) is 0 Å². The van der Waals surface area contributed by atoms with Crippen molar-refractivity contribution in [1.29, 1.82) is 0 Å².